The summed E-state index contributed by atoms with van der Waals surface area (Å²) in [6, 6.07) is 12.3. The normalized spacial score (nSPS) is 14.7. The monoisotopic (exact) mass is 387 g/mol. The summed E-state index contributed by atoms with van der Waals surface area (Å²) in [4.78, 5) is 4.35. The number of aromatic nitrogens is 1. The fraction of sp³-hybridized carbons (Fsp3) is 0.0526. The molecule has 0 spiro atoms. The van der Waals surface area contributed by atoms with Gasteiger partial charge in [0.15, 0.2) is 4.80 Å². The highest BCUT2D eigenvalue weighted by atomic mass is 32.1. The fourth-order valence-electron chi connectivity index (χ4n) is 2.92. The van der Waals surface area contributed by atoms with Crippen LogP contribution in [0.4, 0.5) is 18.9 Å². The molecule has 4 rings (SSSR count). The Morgan fingerprint density at radius 3 is 2.56 bits per heavy atom. The Morgan fingerprint density at radius 1 is 1.07 bits per heavy atom. The summed E-state index contributed by atoms with van der Waals surface area (Å²) in [7, 11) is 0. The number of fused-ring (bicyclic) bond motifs is 1. The molecule has 0 atom stereocenters. The number of allylic oxidation sites excluding steroid dienone is 1. The van der Waals surface area contributed by atoms with Gasteiger partial charge in [-0.05, 0) is 24.3 Å². The van der Waals surface area contributed by atoms with Crippen molar-refractivity contribution >= 4 is 34.9 Å². The maximum absolute atomic E-state index is 13.3. The van der Waals surface area contributed by atoms with Crippen molar-refractivity contribution in [2.75, 3.05) is 0 Å². The van der Waals surface area contributed by atoms with Gasteiger partial charge < -0.3 is 5.11 Å². The minimum Gasteiger partial charge on any atom is -0.493 e. The molecule has 0 saturated carbocycles. The van der Waals surface area contributed by atoms with Gasteiger partial charge >= 0.3 is 6.18 Å². The summed E-state index contributed by atoms with van der Waals surface area (Å²) >= 11 is 0.891. The van der Waals surface area contributed by atoms with Crippen molar-refractivity contribution in [3.8, 4) is 11.6 Å². The largest absolute Gasteiger partial charge is 0.493 e. The van der Waals surface area contributed by atoms with E-state index in [4.69, 9.17) is 5.41 Å². The lowest BCUT2D eigenvalue weighted by atomic mass is 10.1. The Hall–Kier alpha value is -3.13. The van der Waals surface area contributed by atoms with E-state index in [1.54, 1.807) is 12.3 Å². The van der Waals surface area contributed by atoms with E-state index in [1.165, 1.54) is 18.2 Å². The number of alkyl halides is 3. The van der Waals surface area contributed by atoms with Crippen LogP contribution in [0.5, 0.6) is 5.88 Å². The van der Waals surface area contributed by atoms with E-state index in [1.807, 2.05) is 24.3 Å². The maximum Gasteiger partial charge on any atom is 0.418 e. The first-order chi connectivity index (χ1) is 12.9. The third kappa shape index (κ3) is 2.97. The Kier molecular flexibility index (Phi) is 4.00. The second kappa shape index (κ2) is 6.24. The maximum atomic E-state index is 13.3. The van der Waals surface area contributed by atoms with Crippen LogP contribution >= 0.6 is 11.3 Å². The molecule has 0 aliphatic carbocycles. The number of halogens is 3. The molecule has 2 aromatic carbocycles. The van der Waals surface area contributed by atoms with E-state index >= 15 is 0 Å². The molecular weight excluding hydrogens is 375 g/mol. The molecule has 2 N–H and O–H groups in total. The number of hydrogen-bond donors (Lipinski definition) is 2. The third-order valence-corrected chi connectivity index (χ3v) is 5.03. The molecule has 1 aliphatic heterocycles. The molecule has 0 unspecified atom stereocenters. The van der Waals surface area contributed by atoms with Crippen molar-refractivity contribution in [1.29, 1.82) is 5.41 Å². The number of nitrogens with one attached hydrogen (secondary N) is 1. The topological polar surface area (TPSA) is 61.4 Å². The molecule has 1 aliphatic rings. The predicted molar refractivity (Wildman–Crippen MR) is 98.6 cm³/mol. The van der Waals surface area contributed by atoms with Gasteiger partial charge in [0.2, 0.25) is 5.88 Å². The number of rotatable bonds is 2. The lowest BCUT2D eigenvalue weighted by molar-refractivity contribution is -0.137. The highest BCUT2D eigenvalue weighted by Gasteiger charge is 2.34. The molecule has 0 amide bonds. The van der Waals surface area contributed by atoms with E-state index in [9.17, 15) is 18.3 Å². The van der Waals surface area contributed by atoms with Crippen LogP contribution in [0.1, 0.15) is 16.0 Å². The first-order valence-electron chi connectivity index (χ1n) is 7.87. The summed E-state index contributed by atoms with van der Waals surface area (Å²) in [5, 5.41) is 18.6. The van der Waals surface area contributed by atoms with E-state index in [2.05, 4.69) is 4.99 Å². The van der Waals surface area contributed by atoms with Gasteiger partial charge in [0.25, 0.3) is 0 Å². The summed E-state index contributed by atoms with van der Waals surface area (Å²) in [5.74, 6) is -0.410. The Balaban J connectivity index is 1.86. The van der Waals surface area contributed by atoms with E-state index in [0.29, 0.717) is 0 Å². The zero-order valence-electron chi connectivity index (χ0n) is 13.7. The van der Waals surface area contributed by atoms with Gasteiger partial charge in [0.1, 0.15) is 0 Å². The van der Waals surface area contributed by atoms with Crippen LogP contribution in [-0.2, 0) is 6.18 Å². The average molecular weight is 387 g/mol. The lowest BCUT2D eigenvalue weighted by Gasteiger charge is -2.13. The first-order valence-corrected chi connectivity index (χ1v) is 8.69. The van der Waals surface area contributed by atoms with Crippen LogP contribution in [-0.4, -0.2) is 15.9 Å². The SMILES string of the molecule is N=c1sc(/C=C2/C=Nc3ccccc32)c(O)n1-c1ccccc1C(F)(F)F. The van der Waals surface area contributed by atoms with Crippen molar-refractivity contribution in [2.24, 2.45) is 4.99 Å². The minimum atomic E-state index is -4.60. The molecule has 4 nitrogen and oxygen atoms in total. The van der Waals surface area contributed by atoms with Crippen LogP contribution in [0.2, 0.25) is 0 Å². The second-order valence-corrected chi connectivity index (χ2v) is 6.85. The molecule has 0 fully saturated rings. The minimum absolute atomic E-state index is 0.209. The van der Waals surface area contributed by atoms with E-state index in [-0.39, 0.29) is 15.4 Å². The summed E-state index contributed by atoms with van der Waals surface area (Å²) in [6.45, 7) is 0. The number of nitrogens with zero attached hydrogens (tertiary/aromatic N) is 2. The van der Waals surface area contributed by atoms with Gasteiger partial charge in [-0.25, -0.2) is 0 Å². The van der Waals surface area contributed by atoms with Crippen molar-refractivity contribution in [3.05, 3.63) is 69.3 Å². The molecule has 0 radical (unpaired) electrons. The van der Waals surface area contributed by atoms with Gasteiger partial charge in [-0.15, -0.1) is 0 Å². The zero-order valence-corrected chi connectivity index (χ0v) is 14.5. The van der Waals surface area contributed by atoms with Crippen molar-refractivity contribution in [1.82, 2.24) is 4.57 Å². The zero-order chi connectivity index (χ0) is 19.2. The van der Waals surface area contributed by atoms with Crippen molar-refractivity contribution < 1.29 is 18.3 Å². The number of para-hydroxylation sites is 2. The summed E-state index contributed by atoms with van der Waals surface area (Å²) in [5.41, 5.74) is 1.16. The molecule has 0 saturated heterocycles. The summed E-state index contributed by atoms with van der Waals surface area (Å²) in [6.07, 6.45) is -1.35. The Labute approximate surface area is 155 Å². The van der Waals surface area contributed by atoms with Crippen molar-refractivity contribution in [3.63, 3.8) is 0 Å². The second-order valence-electron chi connectivity index (χ2n) is 5.82. The van der Waals surface area contributed by atoms with Crippen LogP contribution in [0.25, 0.3) is 17.3 Å². The van der Waals surface area contributed by atoms with Crippen molar-refractivity contribution in [2.45, 2.75) is 6.18 Å². The lowest BCUT2D eigenvalue weighted by Crippen LogP contribution is -2.16. The van der Waals surface area contributed by atoms with Gasteiger partial charge in [0.05, 0.1) is 21.8 Å². The van der Waals surface area contributed by atoms with Gasteiger partial charge in [-0.2, -0.15) is 13.2 Å². The van der Waals surface area contributed by atoms with Gasteiger partial charge in [-0.1, -0.05) is 41.7 Å². The standard InChI is InChI=1S/C19H12F3N3OS/c20-19(21,22)13-6-2-4-8-15(13)25-17(26)16(27-18(25)23)9-11-10-24-14-7-3-1-5-12(11)14/h1-10,23,26H/b11-9-,23-18?. The summed E-state index contributed by atoms with van der Waals surface area (Å²) < 4.78 is 40.8. The molecule has 8 heteroatoms. The van der Waals surface area contributed by atoms with E-state index in [0.717, 1.165) is 38.8 Å². The number of hydrogen-bond acceptors (Lipinski definition) is 4. The Bertz CT molecular complexity index is 1160. The quantitative estimate of drug-likeness (QED) is 0.639. The average Bonchev–Trinajstić information content (AvgIpc) is 3.16. The van der Waals surface area contributed by atoms with Crippen LogP contribution in [0.3, 0.4) is 0 Å². The molecule has 3 aromatic rings. The predicted octanol–water partition coefficient (Wildman–Crippen LogP) is 5.00. The van der Waals surface area contributed by atoms with E-state index < -0.39 is 17.6 Å². The number of aromatic hydroxyl groups is 1. The van der Waals surface area contributed by atoms with Crippen LogP contribution < -0.4 is 4.80 Å². The molecule has 1 aromatic heterocycles. The highest BCUT2D eigenvalue weighted by molar-refractivity contribution is 7.10. The van der Waals surface area contributed by atoms with Crippen LogP contribution in [0, 0.1) is 5.41 Å². The number of benzene rings is 2. The molecule has 27 heavy (non-hydrogen) atoms. The van der Waals surface area contributed by atoms with Gasteiger partial charge in [-0.3, -0.25) is 15.0 Å². The first kappa shape index (κ1) is 17.3. The highest BCUT2D eigenvalue weighted by Crippen LogP contribution is 2.37. The smallest absolute Gasteiger partial charge is 0.418 e. The number of aliphatic imine (C=N–C) groups is 1. The molecule has 0 bridgehead atoms. The molecule has 136 valence electrons. The molecular formula is C19H12F3N3OS. The Morgan fingerprint density at radius 2 is 1.78 bits per heavy atom. The van der Waals surface area contributed by atoms with Gasteiger partial charge in [0, 0.05) is 17.4 Å². The van der Waals surface area contributed by atoms with Crippen LogP contribution in [0.15, 0.2) is 53.5 Å². The molecule has 2 heterocycles. The number of thiazole rings is 1. The fourth-order valence-corrected chi connectivity index (χ4v) is 3.78. The third-order valence-electron chi connectivity index (χ3n) is 4.14.